The van der Waals surface area contributed by atoms with Gasteiger partial charge >= 0.3 is 6.09 Å². The third-order valence-electron chi connectivity index (χ3n) is 6.02. The van der Waals surface area contributed by atoms with Crippen LogP contribution in [0.2, 0.25) is 0 Å². The molecule has 5 rings (SSSR count). The van der Waals surface area contributed by atoms with Gasteiger partial charge in [0.15, 0.2) is 0 Å². The van der Waals surface area contributed by atoms with Gasteiger partial charge in [0, 0.05) is 42.2 Å². The minimum atomic E-state index is -0.523. The highest BCUT2D eigenvalue weighted by molar-refractivity contribution is 7.18. The second kappa shape index (κ2) is 6.70. The van der Waals surface area contributed by atoms with Gasteiger partial charge in [-0.15, -0.1) is 11.3 Å². The first kappa shape index (κ1) is 19.4. The summed E-state index contributed by atoms with van der Waals surface area (Å²) in [6, 6.07) is 6.07. The fourth-order valence-electron chi connectivity index (χ4n) is 4.94. The average Bonchev–Trinajstić information content (AvgIpc) is 3.21. The lowest BCUT2D eigenvalue weighted by atomic mass is 9.88. The number of nitrogens with one attached hydrogen (secondary N) is 2. The molecule has 158 valence electrons. The number of pyridine rings is 1. The van der Waals surface area contributed by atoms with E-state index in [9.17, 15) is 9.59 Å². The first-order chi connectivity index (χ1) is 14.2. The van der Waals surface area contributed by atoms with Gasteiger partial charge in [-0.1, -0.05) is 0 Å². The van der Waals surface area contributed by atoms with Crippen LogP contribution >= 0.6 is 11.3 Å². The van der Waals surface area contributed by atoms with Crippen molar-refractivity contribution in [3.63, 3.8) is 0 Å². The van der Waals surface area contributed by atoms with Crippen LogP contribution in [-0.4, -0.2) is 45.2 Å². The van der Waals surface area contributed by atoms with Crippen LogP contribution in [0.3, 0.4) is 0 Å². The standard InChI is InChI=1S/C22H26N4O3S/c1-21(2,3)29-20(28)26-14-4-5-15(26)12-22(11-14)24-16-10-17(13-6-8-23-9-7-13)30-18(16)19(27)25-22/h6-10,14-15,24H,4-5,11-12H2,1-3H3,(H,25,27). The Morgan fingerprint density at radius 3 is 2.50 bits per heavy atom. The molecule has 3 aliphatic rings. The first-order valence-electron chi connectivity index (χ1n) is 10.4. The van der Waals surface area contributed by atoms with Crippen molar-refractivity contribution in [3.05, 3.63) is 35.5 Å². The van der Waals surface area contributed by atoms with Gasteiger partial charge in [-0.05, 0) is 57.4 Å². The molecule has 2 fully saturated rings. The minimum absolute atomic E-state index is 0.0424. The number of ether oxygens (including phenoxy) is 1. The molecule has 30 heavy (non-hydrogen) atoms. The molecule has 2 aromatic rings. The molecule has 5 heterocycles. The molecule has 0 aromatic carbocycles. The number of fused-ring (bicyclic) bond motifs is 3. The van der Waals surface area contributed by atoms with Crippen LogP contribution in [-0.2, 0) is 4.74 Å². The normalized spacial score (nSPS) is 27.4. The highest BCUT2D eigenvalue weighted by Crippen LogP contribution is 2.46. The maximum absolute atomic E-state index is 13.0. The van der Waals surface area contributed by atoms with Crippen molar-refractivity contribution in [1.29, 1.82) is 0 Å². The van der Waals surface area contributed by atoms with E-state index in [2.05, 4.69) is 21.7 Å². The first-order valence-corrected chi connectivity index (χ1v) is 11.2. The van der Waals surface area contributed by atoms with E-state index in [0.717, 1.165) is 29.0 Å². The van der Waals surface area contributed by atoms with Gasteiger partial charge < -0.3 is 20.3 Å². The molecule has 2 saturated heterocycles. The zero-order valence-corrected chi connectivity index (χ0v) is 18.2. The molecule has 2 unspecified atom stereocenters. The van der Waals surface area contributed by atoms with E-state index in [4.69, 9.17) is 4.74 Å². The topological polar surface area (TPSA) is 83.6 Å². The Bertz CT molecular complexity index is 984. The van der Waals surface area contributed by atoms with Crippen molar-refractivity contribution in [2.45, 2.75) is 69.8 Å². The number of rotatable bonds is 1. The lowest BCUT2D eigenvalue weighted by molar-refractivity contribution is -0.00129. The zero-order chi connectivity index (χ0) is 21.1. The number of aromatic nitrogens is 1. The molecular formula is C22H26N4O3S. The van der Waals surface area contributed by atoms with E-state index in [1.165, 1.54) is 11.3 Å². The number of hydrogen-bond acceptors (Lipinski definition) is 6. The van der Waals surface area contributed by atoms with Crippen molar-refractivity contribution in [1.82, 2.24) is 15.2 Å². The van der Waals surface area contributed by atoms with Gasteiger partial charge in [-0.25, -0.2) is 4.79 Å². The summed E-state index contributed by atoms with van der Waals surface area (Å²) < 4.78 is 5.64. The fourth-order valence-corrected chi connectivity index (χ4v) is 5.95. The van der Waals surface area contributed by atoms with Crippen molar-refractivity contribution in [2.75, 3.05) is 5.32 Å². The third-order valence-corrected chi connectivity index (χ3v) is 7.21. The van der Waals surface area contributed by atoms with E-state index in [1.54, 1.807) is 12.4 Å². The molecule has 7 nitrogen and oxygen atoms in total. The highest BCUT2D eigenvalue weighted by Gasteiger charge is 2.53. The number of amides is 2. The molecule has 0 saturated carbocycles. The van der Waals surface area contributed by atoms with E-state index < -0.39 is 11.3 Å². The van der Waals surface area contributed by atoms with Gasteiger partial charge in [-0.2, -0.15) is 0 Å². The summed E-state index contributed by atoms with van der Waals surface area (Å²) in [6.45, 7) is 5.67. The molecule has 2 amide bonds. The largest absolute Gasteiger partial charge is 0.444 e. The summed E-state index contributed by atoms with van der Waals surface area (Å²) >= 11 is 1.49. The summed E-state index contributed by atoms with van der Waals surface area (Å²) in [5.41, 5.74) is 0.886. The van der Waals surface area contributed by atoms with Gasteiger partial charge in [0.1, 0.15) is 16.1 Å². The van der Waals surface area contributed by atoms with Crippen molar-refractivity contribution in [2.24, 2.45) is 0 Å². The predicted molar refractivity (Wildman–Crippen MR) is 115 cm³/mol. The van der Waals surface area contributed by atoms with Crippen LogP contribution in [0.1, 0.15) is 56.1 Å². The summed E-state index contributed by atoms with van der Waals surface area (Å²) in [7, 11) is 0. The number of anilines is 1. The van der Waals surface area contributed by atoms with Gasteiger partial charge in [0.25, 0.3) is 5.91 Å². The monoisotopic (exact) mass is 426 g/mol. The smallest absolute Gasteiger partial charge is 0.410 e. The van der Waals surface area contributed by atoms with Gasteiger partial charge in [0.05, 0.1) is 5.69 Å². The molecular weight excluding hydrogens is 400 g/mol. The molecule has 2 atom stereocenters. The van der Waals surface area contributed by atoms with Crippen LogP contribution in [0, 0.1) is 0 Å². The highest BCUT2D eigenvalue weighted by atomic mass is 32.1. The summed E-state index contributed by atoms with van der Waals surface area (Å²) in [4.78, 5) is 33.5. The molecule has 0 radical (unpaired) electrons. The van der Waals surface area contributed by atoms with Gasteiger partial charge in [-0.3, -0.25) is 9.78 Å². The third kappa shape index (κ3) is 3.33. The van der Waals surface area contributed by atoms with Crippen LogP contribution in [0.4, 0.5) is 10.5 Å². The molecule has 0 aliphatic carbocycles. The Hall–Kier alpha value is -2.61. The number of carbonyl (C=O) groups is 2. The SMILES string of the molecule is CC(C)(C)OC(=O)N1C2CCC1CC1(C2)NC(=O)c2sc(-c3ccncc3)cc2N1. The van der Waals surface area contributed by atoms with Crippen LogP contribution in [0.5, 0.6) is 0 Å². The summed E-state index contributed by atoms with van der Waals surface area (Å²) in [6.07, 6.45) is 6.48. The lowest BCUT2D eigenvalue weighted by Crippen LogP contribution is -2.65. The summed E-state index contributed by atoms with van der Waals surface area (Å²) in [5, 5.41) is 6.86. The molecule has 2 N–H and O–H groups in total. The second-order valence-corrected chi connectivity index (χ2v) is 10.5. The van der Waals surface area contributed by atoms with Crippen LogP contribution in [0.25, 0.3) is 10.4 Å². The quantitative estimate of drug-likeness (QED) is 0.713. The van der Waals surface area contributed by atoms with Crippen molar-refractivity contribution < 1.29 is 14.3 Å². The Labute approximate surface area is 179 Å². The van der Waals surface area contributed by atoms with Gasteiger partial charge in [0.2, 0.25) is 0 Å². The molecule has 1 spiro atoms. The van der Waals surface area contributed by atoms with Crippen LogP contribution in [0.15, 0.2) is 30.6 Å². The number of hydrogen-bond donors (Lipinski definition) is 2. The summed E-state index contributed by atoms with van der Waals surface area (Å²) in [5.74, 6) is -0.0424. The maximum Gasteiger partial charge on any atom is 0.410 e. The molecule has 8 heteroatoms. The van der Waals surface area contributed by atoms with Crippen molar-refractivity contribution in [3.8, 4) is 10.4 Å². The van der Waals surface area contributed by atoms with E-state index in [1.807, 2.05) is 37.8 Å². The number of piperidine rings is 1. The van der Waals surface area contributed by atoms with E-state index in [0.29, 0.717) is 17.7 Å². The van der Waals surface area contributed by atoms with Crippen molar-refractivity contribution >= 4 is 29.0 Å². The predicted octanol–water partition coefficient (Wildman–Crippen LogP) is 4.22. The Balaban J connectivity index is 1.39. The molecule has 2 aromatic heterocycles. The average molecular weight is 427 g/mol. The molecule has 2 bridgehead atoms. The lowest BCUT2D eigenvalue weighted by Gasteiger charge is -2.48. The Morgan fingerprint density at radius 1 is 1.20 bits per heavy atom. The zero-order valence-electron chi connectivity index (χ0n) is 17.4. The molecule has 3 aliphatic heterocycles. The van der Waals surface area contributed by atoms with E-state index >= 15 is 0 Å². The second-order valence-electron chi connectivity index (χ2n) is 9.43. The number of nitrogens with zero attached hydrogens (tertiary/aromatic N) is 2. The number of thiophene rings is 1. The van der Waals surface area contributed by atoms with E-state index in [-0.39, 0.29) is 24.1 Å². The Kier molecular flexibility index (Phi) is 4.32. The fraction of sp³-hybridized carbons (Fsp3) is 0.500. The Morgan fingerprint density at radius 2 is 1.87 bits per heavy atom. The number of carbonyl (C=O) groups excluding carboxylic acids is 2. The maximum atomic E-state index is 13.0. The van der Waals surface area contributed by atoms with Crippen LogP contribution < -0.4 is 10.6 Å². The minimum Gasteiger partial charge on any atom is -0.444 e.